The van der Waals surface area contributed by atoms with Gasteiger partial charge in [0.1, 0.15) is 17.0 Å². The van der Waals surface area contributed by atoms with Crippen LogP contribution in [-0.4, -0.2) is 60.6 Å². The number of alkyl halides is 3. The Kier molecular flexibility index (Phi) is 7.92. The van der Waals surface area contributed by atoms with E-state index in [0.29, 0.717) is 26.3 Å². The number of rotatable bonds is 6. The number of amides is 1. The van der Waals surface area contributed by atoms with E-state index in [4.69, 9.17) is 9.47 Å². The van der Waals surface area contributed by atoms with Crippen molar-refractivity contribution in [3.05, 3.63) is 49.4 Å². The highest BCUT2D eigenvalue weighted by Gasteiger charge is 2.31. The molecule has 0 aliphatic carbocycles. The van der Waals surface area contributed by atoms with E-state index in [9.17, 15) is 27.6 Å². The first-order valence-corrected chi connectivity index (χ1v) is 10.8. The van der Waals surface area contributed by atoms with Crippen LogP contribution in [0.1, 0.15) is 12.5 Å². The molecule has 1 saturated heterocycles. The largest absolute Gasteiger partial charge is 0.573 e. The number of hydrogen-bond acceptors (Lipinski definition) is 7. The molecular formula is C21H21F3N2O6S. The lowest BCUT2D eigenvalue weighted by Gasteiger charge is -2.26. The molecular weight excluding hydrogens is 465 g/mol. The van der Waals surface area contributed by atoms with Gasteiger partial charge in [0.05, 0.1) is 30.4 Å². The van der Waals surface area contributed by atoms with E-state index < -0.39 is 23.6 Å². The van der Waals surface area contributed by atoms with Crippen LogP contribution >= 0.6 is 11.3 Å². The number of hydrogen-bond donors (Lipinski definition) is 0. The summed E-state index contributed by atoms with van der Waals surface area (Å²) in [5, 5.41) is 0. The predicted octanol–water partition coefficient (Wildman–Crippen LogP) is 0.840. The lowest BCUT2D eigenvalue weighted by Crippen LogP contribution is -2.45. The maximum atomic E-state index is 13.1. The van der Waals surface area contributed by atoms with Crippen molar-refractivity contribution in [1.29, 1.82) is 0 Å². The third-order valence-electron chi connectivity index (χ3n) is 4.55. The van der Waals surface area contributed by atoms with Crippen LogP contribution in [0.3, 0.4) is 0 Å². The third-order valence-corrected chi connectivity index (χ3v) is 5.61. The van der Waals surface area contributed by atoms with Gasteiger partial charge in [-0.2, -0.15) is 0 Å². The van der Waals surface area contributed by atoms with Crippen molar-refractivity contribution in [3.8, 4) is 5.75 Å². The van der Waals surface area contributed by atoms with E-state index in [1.807, 2.05) is 0 Å². The average Bonchev–Trinajstić information content (AvgIpc) is 3.03. The van der Waals surface area contributed by atoms with Crippen LogP contribution in [0.2, 0.25) is 0 Å². The zero-order valence-electron chi connectivity index (χ0n) is 17.6. The number of carbonyl (C=O) groups is 2. The van der Waals surface area contributed by atoms with Gasteiger partial charge in [0.2, 0.25) is 5.91 Å². The standard InChI is InChI=1S/C21H21F3N2O6S/c1-2-31-19(28)12-18-26(13-17(27)25-7-9-30-10-8-25)20(29)16(33-18)11-14-5-3-4-6-15(14)32-21(22,23)24/h3-6,11-12H,2,7-10,13H2,1H3. The quantitative estimate of drug-likeness (QED) is 0.563. The predicted molar refractivity (Wildman–Crippen MR) is 113 cm³/mol. The lowest BCUT2D eigenvalue weighted by molar-refractivity contribution is -0.274. The molecule has 0 bridgehead atoms. The van der Waals surface area contributed by atoms with Gasteiger partial charge in [0, 0.05) is 18.7 Å². The first kappa shape index (κ1) is 24.5. The zero-order chi connectivity index (χ0) is 24.0. The molecule has 3 rings (SSSR count). The molecule has 2 aromatic rings. The molecule has 0 unspecified atom stereocenters. The number of aromatic nitrogens is 1. The molecule has 1 aliphatic heterocycles. The number of morpholine rings is 1. The monoisotopic (exact) mass is 486 g/mol. The Bertz CT molecular complexity index is 1180. The molecule has 8 nitrogen and oxygen atoms in total. The van der Waals surface area contributed by atoms with Crippen molar-refractivity contribution in [3.63, 3.8) is 0 Å². The molecule has 33 heavy (non-hydrogen) atoms. The number of para-hydroxylation sites is 1. The minimum atomic E-state index is -4.91. The molecule has 178 valence electrons. The first-order valence-electron chi connectivity index (χ1n) is 9.98. The van der Waals surface area contributed by atoms with Crippen LogP contribution in [-0.2, 0) is 25.6 Å². The van der Waals surface area contributed by atoms with Gasteiger partial charge in [0.15, 0.2) is 0 Å². The highest BCUT2D eigenvalue weighted by Crippen LogP contribution is 2.26. The van der Waals surface area contributed by atoms with Crippen molar-refractivity contribution in [1.82, 2.24) is 9.47 Å². The van der Waals surface area contributed by atoms with Crippen LogP contribution in [0.15, 0.2) is 29.1 Å². The smallest absolute Gasteiger partial charge is 0.463 e. The zero-order valence-corrected chi connectivity index (χ0v) is 18.4. The van der Waals surface area contributed by atoms with Gasteiger partial charge >= 0.3 is 12.3 Å². The van der Waals surface area contributed by atoms with E-state index in [1.54, 1.807) is 6.92 Å². The summed E-state index contributed by atoms with van der Waals surface area (Å²) in [6.45, 7) is 2.88. The summed E-state index contributed by atoms with van der Waals surface area (Å²) < 4.78 is 53.6. The summed E-state index contributed by atoms with van der Waals surface area (Å²) in [5.41, 5.74) is -0.610. The SMILES string of the molecule is CCOC(=O)C=c1sc(=Cc2ccccc2OC(F)(F)F)c(=O)n1CC(=O)N1CCOCC1. The van der Waals surface area contributed by atoms with E-state index in [0.717, 1.165) is 28.0 Å². The van der Waals surface area contributed by atoms with Gasteiger partial charge in [-0.25, -0.2) is 4.79 Å². The molecule has 0 spiro atoms. The summed E-state index contributed by atoms with van der Waals surface area (Å²) in [5.74, 6) is -1.53. The van der Waals surface area contributed by atoms with E-state index in [1.165, 1.54) is 29.2 Å². The molecule has 0 N–H and O–H groups in total. The summed E-state index contributed by atoms with van der Waals surface area (Å²) in [4.78, 5) is 39.3. The topological polar surface area (TPSA) is 87.1 Å². The van der Waals surface area contributed by atoms with Crippen molar-refractivity contribution in [2.75, 3.05) is 32.9 Å². The maximum absolute atomic E-state index is 13.1. The Hall–Kier alpha value is -3.12. The average molecular weight is 486 g/mol. The normalized spacial score (nSPS) is 15.6. The van der Waals surface area contributed by atoms with Crippen LogP contribution in [0, 0.1) is 0 Å². The van der Waals surface area contributed by atoms with E-state index >= 15 is 0 Å². The molecule has 2 heterocycles. The number of nitrogens with zero attached hydrogens (tertiary/aromatic N) is 2. The van der Waals surface area contributed by atoms with Gasteiger partial charge in [-0.15, -0.1) is 24.5 Å². The lowest BCUT2D eigenvalue weighted by atomic mass is 10.2. The minimum absolute atomic E-state index is 0.0162. The number of halogens is 3. The van der Waals surface area contributed by atoms with Crippen LogP contribution < -0.4 is 19.5 Å². The molecule has 0 saturated carbocycles. The highest BCUT2D eigenvalue weighted by molar-refractivity contribution is 7.07. The van der Waals surface area contributed by atoms with Crippen molar-refractivity contribution >= 4 is 35.4 Å². The van der Waals surface area contributed by atoms with Crippen LogP contribution in [0.4, 0.5) is 13.2 Å². The summed E-state index contributed by atoms with van der Waals surface area (Å²) >= 11 is 0.857. The number of carbonyl (C=O) groups excluding carboxylic acids is 2. The Labute approximate surface area is 190 Å². The number of benzene rings is 1. The Morgan fingerprint density at radius 2 is 1.91 bits per heavy atom. The fourth-order valence-electron chi connectivity index (χ4n) is 3.08. The third kappa shape index (κ3) is 6.68. The van der Waals surface area contributed by atoms with Gasteiger partial charge in [-0.05, 0) is 19.1 Å². The Morgan fingerprint density at radius 3 is 2.58 bits per heavy atom. The van der Waals surface area contributed by atoms with Crippen molar-refractivity contribution < 1.29 is 37.0 Å². The Balaban J connectivity index is 2.06. The molecule has 1 aliphatic rings. The fraction of sp³-hybridized carbons (Fsp3) is 0.381. The second kappa shape index (κ2) is 10.7. The molecule has 1 aromatic carbocycles. The second-order valence-electron chi connectivity index (χ2n) is 6.82. The first-order chi connectivity index (χ1) is 15.7. The molecule has 1 amide bonds. The van der Waals surface area contributed by atoms with Gasteiger partial charge < -0.3 is 19.1 Å². The summed E-state index contributed by atoms with van der Waals surface area (Å²) in [6, 6.07) is 5.35. The van der Waals surface area contributed by atoms with Gasteiger partial charge in [-0.1, -0.05) is 18.2 Å². The number of ether oxygens (including phenoxy) is 3. The van der Waals surface area contributed by atoms with Crippen LogP contribution in [0.25, 0.3) is 12.2 Å². The maximum Gasteiger partial charge on any atom is 0.573 e. The summed E-state index contributed by atoms with van der Waals surface area (Å²) in [6.07, 6.45) is -2.60. The molecule has 0 radical (unpaired) electrons. The fourth-order valence-corrected chi connectivity index (χ4v) is 4.11. The van der Waals surface area contributed by atoms with Gasteiger partial charge in [-0.3, -0.25) is 14.2 Å². The van der Waals surface area contributed by atoms with E-state index in [2.05, 4.69) is 4.74 Å². The number of esters is 1. The van der Waals surface area contributed by atoms with Crippen molar-refractivity contribution in [2.45, 2.75) is 19.8 Å². The molecule has 1 fully saturated rings. The second-order valence-corrected chi connectivity index (χ2v) is 7.88. The van der Waals surface area contributed by atoms with Crippen molar-refractivity contribution in [2.24, 2.45) is 0 Å². The molecule has 0 atom stereocenters. The van der Waals surface area contributed by atoms with E-state index in [-0.39, 0.29) is 33.8 Å². The Morgan fingerprint density at radius 1 is 1.21 bits per heavy atom. The minimum Gasteiger partial charge on any atom is -0.463 e. The summed E-state index contributed by atoms with van der Waals surface area (Å²) in [7, 11) is 0. The number of thiazole rings is 1. The molecule has 12 heteroatoms. The highest BCUT2D eigenvalue weighted by atomic mass is 32.1. The molecule has 1 aromatic heterocycles. The van der Waals surface area contributed by atoms with Gasteiger partial charge in [0.25, 0.3) is 5.56 Å². The van der Waals surface area contributed by atoms with Crippen LogP contribution in [0.5, 0.6) is 5.75 Å².